The maximum atomic E-state index is 14.6. The number of unbranched alkanes of at least 4 members (excludes halogenated alkanes) is 1. The van der Waals surface area contributed by atoms with Gasteiger partial charge in [0.05, 0.1) is 11.6 Å². The van der Waals surface area contributed by atoms with Crippen molar-refractivity contribution < 1.29 is 27.6 Å². The number of hydrogen-bond acceptors (Lipinski definition) is 7. The molecule has 2 atom stereocenters. The molecule has 0 bridgehead atoms. The van der Waals surface area contributed by atoms with Crippen molar-refractivity contribution in [3.8, 4) is 0 Å². The van der Waals surface area contributed by atoms with Gasteiger partial charge in [-0.2, -0.15) is 13.2 Å². The zero-order chi connectivity index (χ0) is 38.1. The molecule has 15 heteroatoms. The van der Waals surface area contributed by atoms with Crippen LogP contribution in [0.2, 0.25) is 5.02 Å². The monoisotopic (exact) mass is 769 g/mol. The molecule has 10 nitrogen and oxygen atoms in total. The van der Waals surface area contributed by atoms with E-state index in [0.717, 1.165) is 28.7 Å². The Hall–Kier alpha value is -4.34. The van der Waals surface area contributed by atoms with Gasteiger partial charge >= 0.3 is 6.18 Å². The number of para-hydroxylation sites is 1. The number of aromatic nitrogens is 1. The minimum Gasteiger partial charge on any atom is -0.361 e. The number of likely N-dealkylation sites (N-methyl/N-ethyl adjacent to an activating group) is 1. The van der Waals surface area contributed by atoms with E-state index in [-0.39, 0.29) is 40.7 Å². The molecular weight excluding hydrogens is 727 g/mol. The molecule has 3 aromatic carbocycles. The van der Waals surface area contributed by atoms with Gasteiger partial charge in [-0.3, -0.25) is 14.4 Å². The Morgan fingerprint density at radius 2 is 1.64 bits per heavy atom. The first-order valence-corrected chi connectivity index (χ1v) is 18.5. The van der Waals surface area contributed by atoms with Crippen molar-refractivity contribution in [3.05, 3.63) is 99.8 Å². The average molecular weight is 770 g/mol. The molecule has 4 aromatic rings. The molecular formula is C38H43ClF3N7O3S. The summed E-state index contributed by atoms with van der Waals surface area (Å²) in [5.41, 5.74) is 12.7. The lowest BCUT2D eigenvalue weighted by Crippen LogP contribution is -2.53. The van der Waals surface area contributed by atoms with Crippen LogP contribution in [0.1, 0.15) is 54.4 Å². The van der Waals surface area contributed by atoms with Crippen LogP contribution in [0.25, 0.3) is 17.0 Å². The molecule has 53 heavy (non-hydrogen) atoms. The Labute approximate surface area is 315 Å². The first kappa shape index (κ1) is 39.9. The zero-order valence-electron chi connectivity index (χ0n) is 29.2. The van der Waals surface area contributed by atoms with Crippen LogP contribution in [0, 0.1) is 0 Å². The highest BCUT2D eigenvalue weighted by atomic mass is 35.5. The number of carbonyl (C=O) groups is 3. The minimum absolute atomic E-state index is 0.0856. The molecule has 0 spiro atoms. The molecule has 8 N–H and O–H groups in total. The number of hydrogen-bond donors (Lipinski definition) is 6. The van der Waals surface area contributed by atoms with Gasteiger partial charge in [-0.1, -0.05) is 59.8 Å². The summed E-state index contributed by atoms with van der Waals surface area (Å²) in [4.78, 5) is 47.1. The standard InChI is InChI=1S/C38H43ClF3N7O3S/c1-49-32(18-24-21-45-29-11-4-3-10-27(24)29)36(51)47-22-25-17-26(39)19-28(38(40,41)42)34(25)53-33-14-5-2-9-23(33)20-46-30(13-8-16-44)35(50)48-31(37(49)52)12-6-7-15-43/h2-5,9-11,14,17-19,21,30-31,45-46H,6-8,12-13,15-16,20,22,43-44H2,1H3,(H,47,51)(H,48,50)/b32-18-/t30-,31?/m1/s1. The summed E-state index contributed by atoms with van der Waals surface area (Å²) >= 11 is 7.16. The number of amides is 3. The lowest BCUT2D eigenvalue weighted by Gasteiger charge is -2.28. The topological polar surface area (TPSA) is 158 Å². The Balaban J connectivity index is 1.66. The third kappa shape index (κ3) is 10.0. The second-order valence-corrected chi connectivity index (χ2v) is 14.2. The van der Waals surface area contributed by atoms with E-state index in [1.54, 1.807) is 30.5 Å². The number of nitrogens with zero attached hydrogens (tertiary/aromatic N) is 1. The summed E-state index contributed by atoms with van der Waals surface area (Å²) in [5, 5.41) is 9.55. The third-order valence-corrected chi connectivity index (χ3v) is 10.5. The maximum absolute atomic E-state index is 14.6. The van der Waals surface area contributed by atoms with E-state index in [4.69, 9.17) is 23.1 Å². The number of benzene rings is 3. The van der Waals surface area contributed by atoms with Gasteiger partial charge in [-0.15, -0.1) is 0 Å². The minimum atomic E-state index is -4.77. The Bertz CT molecular complexity index is 1970. The molecule has 0 aliphatic carbocycles. The number of H-pyrrole nitrogens is 1. The highest BCUT2D eigenvalue weighted by Gasteiger charge is 2.36. The number of carbonyl (C=O) groups excluding carboxylic acids is 3. The smallest absolute Gasteiger partial charge is 0.361 e. The van der Waals surface area contributed by atoms with E-state index in [9.17, 15) is 27.6 Å². The third-order valence-electron chi connectivity index (χ3n) is 9.01. The first-order valence-electron chi connectivity index (χ1n) is 17.3. The van der Waals surface area contributed by atoms with Crippen LogP contribution in [0.4, 0.5) is 13.2 Å². The van der Waals surface area contributed by atoms with Crippen LogP contribution in [0.5, 0.6) is 0 Å². The van der Waals surface area contributed by atoms with E-state index >= 15 is 0 Å². The van der Waals surface area contributed by atoms with Crippen LogP contribution < -0.4 is 27.4 Å². The van der Waals surface area contributed by atoms with Crippen molar-refractivity contribution in [2.24, 2.45) is 11.5 Å². The summed E-state index contributed by atoms with van der Waals surface area (Å²) < 4.78 is 43.8. The second kappa shape index (κ2) is 18.1. The molecule has 1 aliphatic rings. The van der Waals surface area contributed by atoms with E-state index in [1.165, 1.54) is 24.1 Å². The van der Waals surface area contributed by atoms with Crippen LogP contribution >= 0.6 is 23.4 Å². The van der Waals surface area contributed by atoms with Crippen LogP contribution in [-0.2, 0) is 33.6 Å². The largest absolute Gasteiger partial charge is 0.417 e. The molecule has 0 saturated carbocycles. The molecule has 1 aliphatic heterocycles. The fourth-order valence-corrected chi connectivity index (χ4v) is 7.59. The maximum Gasteiger partial charge on any atom is 0.417 e. The summed E-state index contributed by atoms with van der Waals surface area (Å²) in [6, 6.07) is 14.8. The van der Waals surface area contributed by atoms with Gasteiger partial charge in [0.2, 0.25) is 11.8 Å². The van der Waals surface area contributed by atoms with E-state index in [0.29, 0.717) is 54.8 Å². The Morgan fingerprint density at radius 3 is 2.40 bits per heavy atom. The number of nitrogens with two attached hydrogens (primary N) is 2. The van der Waals surface area contributed by atoms with Crippen molar-refractivity contribution in [2.75, 3.05) is 20.1 Å². The lowest BCUT2D eigenvalue weighted by atomic mass is 10.0. The molecule has 0 saturated heterocycles. The van der Waals surface area contributed by atoms with Gasteiger partial charge < -0.3 is 37.3 Å². The molecule has 2 heterocycles. The van der Waals surface area contributed by atoms with Gasteiger partial charge in [-0.05, 0) is 86.7 Å². The molecule has 282 valence electrons. The van der Waals surface area contributed by atoms with Crippen LogP contribution in [0.3, 0.4) is 0 Å². The molecule has 0 fully saturated rings. The second-order valence-electron chi connectivity index (χ2n) is 12.8. The van der Waals surface area contributed by atoms with Crippen molar-refractivity contribution in [1.29, 1.82) is 0 Å². The van der Waals surface area contributed by atoms with Crippen LogP contribution in [-0.4, -0.2) is 59.8 Å². The van der Waals surface area contributed by atoms with Crippen LogP contribution in [0.15, 0.2) is 82.3 Å². The number of nitrogens with one attached hydrogen (secondary N) is 4. The summed E-state index contributed by atoms with van der Waals surface area (Å²) in [5.74, 6) is -1.73. The Kier molecular flexibility index (Phi) is 13.6. The molecule has 1 unspecified atom stereocenters. The first-order chi connectivity index (χ1) is 25.4. The van der Waals surface area contributed by atoms with Gasteiger partial charge in [0.25, 0.3) is 5.91 Å². The van der Waals surface area contributed by atoms with Gasteiger partial charge in [0.1, 0.15) is 11.7 Å². The molecule has 0 radical (unpaired) electrons. The van der Waals surface area contributed by atoms with Gasteiger partial charge in [-0.25, -0.2) is 0 Å². The average Bonchev–Trinajstić information content (AvgIpc) is 3.55. The zero-order valence-corrected chi connectivity index (χ0v) is 30.8. The van der Waals surface area contributed by atoms with E-state index in [2.05, 4.69) is 20.9 Å². The van der Waals surface area contributed by atoms with Crippen molar-refractivity contribution in [1.82, 2.24) is 25.8 Å². The predicted octanol–water partition coefficient (Wildman–Crippen LogP) is 5.93. The number of fused-ring (bicyclic) bond motifs is 3. The number of halogens is 4. The highest BCUT2D eigenvalue weighted by molar-refractivity contribution is 7.99. The fourth-order valence-electron chi connectivity index (χ4n) is 6.17. The number of rotatable bonds is 8. The fraction of sp³-hybridized carbons (Fsp3) is 0.342. The van der Waals surface area contributed by atoms with Crippen molar-refractivity contribution in [2.45, 2.75) is 73.2 Å². The van der Waals surface area contributed by atoms with Gasteiger partial charge in [0, 0.05) is 57.6 Å². The predicted molar refractivity (Wildman–Crippen MR) is 202 cm³/mol. The van der Waals surface area contributed by atoms with E-state index < -0.39 is 41.5 Å². The molecule has 1 aromatic heterocycles. The number of alkyl halides is 3. The number of aromatic amines is 1. The molecule has 5 rings (SSSR count). The highest BCUT2D eigenvalue weighted by Crippen LogP contribution is 2.44. The summed E-state index contributed by atoms with van der Waals surface area (Å²) in [6.45, 7) is 0.501. The summed E-state index contributed by atoms with van der Waals surface area (Å²) in [7, 11) is 1.43. The van der Waals surface area contributed by atoms with Gasteiger partial charge in [0.15, 0.2) is 0 Å². The molecule has 3 amide bonds. The lowest BCUT2D eigenvalue weighted by molar-refractivity contribution is -0.139. The SMILES string of the molecule is CN1C(=O)C(CCCCN)NC(=O)[C@@H](CCCN)NCc2ccccc2Sc2c(cc(Cl)cc2C(F)(F)F)CNC(=O)/C1=C/c1c[nH]c2ccccc12. The quantitative estimate of drug-likeness (QED) is 0.0958. The van der Waals surface area contributed by atoms with E-state index in [1.807, 2.05) is 24.3 Å². The normalized spacial score (nSPS) is 18.7. The van der Waals surface area contributed by atoms with Crippen molar-refractivity contribution >= 4 is 58.1 Å². The Morgan fingerprint density at radius 1 is 0.925 bits per heavy atom. The summed E-state index contributed by atoms with van der Waals surface area (Å²) in [6.07, 6.45) is 0.679. The van der Waals surface area contributed by atoms with Crippen molar-refractivity contribution in [3.63, 3.8) is 0 Å².